The first-order valence-electron chi connectivity index (χ1n) is 8.62. The molecule has 1 fully saturated rings. The van der Waals surface area contributed by atoms with Crippen molar-refractivity contribution < 1.29 is 8.82 Å². The van der Waals surface area contributed by atoms with Crippen LogP contribution in [-0.4, -0.2) is 16.2 Å². The molecule has 0 N–H and O–H groups in total. The van der Waals surface area contributed by atoms with Crippen molar-refractivity contribution in [2.24, 2.45) is 5.92 Å². The molecule has 1 aliphatic heterocycles. The monoisotopic (exact) mass is 328 g/mol. The molecule has 1 saturated heterocycles. The van der Waals surface area contributed by atoms with Gasteiger partial charge in [0.05, 0.1) is 0 Å². The van der Waals surface area contributed by atoms with Crippen LogP contribution in [0.4, 0.5) is 4.39 Å². The molecule has 1 heterocycles. The van der Waals surface area contributed by atoms with Crippen LogP contribution >= 0.6 is 0 Å². The molecule has 23 heavy (non-hydrogen) atoms. The molecule has 0 aliphatic carbocycles. The van der Waals surface area contributed by atoms with E-state index in [1.165, 1.54) is 49.0 Å². The molecule has 0 amide bonds. The summed E-state index contributed by atoms with van der Waals surface area (Å²) in [6.07, 6.45) is 5.17. The molecule has 2 aromatic carbocycles. The average molecular weight is 329 g/mol. The Labute approximate surface area is 140 Å². The van der Waals surface area contributed by atoms with Crippen LogP contribution in [0.15, 0.2) is 48.5 Å². The lowest BCUT2D eigenvalue weighted by Crippen LogP contribution is -2.23. The fraction of sp³-hybridized carbons (Fsp3) is 0.400. The van der Waals surface area contributed by atoms with Crippen LogP contribution in [-0.2, 0) is 10.8 Å². The van der Waals surface area contributed by atoms with Gasteiger partial charge in [-0.25, -0.2) is 4.39 Å². The van der Waals surface area contributed by atoms with E-state index in [1.807, 2.05) is 19.2 Å². The highest BCUT2D eigenvalue weighted by atomic mass is 28.3. The Morgan fingerprint density at radius 1 is 0.957 bits per heavy atom. The second-order valence-corrected chi connectivity index (χ2v) is 9.49. The zero-order chi connectivity index (χ0) is 16.1. The first kappa shape index (κ1) is 16.4. The van der Waals surface area contributed by atoms with Crippen molar-refractivity contribution in [3.8, 4) is 11.1 Å². The molecule has 122 valence electrons. The van der Waals surface area contributed by atoms with E-state index in [1.54, 1.807) is 0 Å². The van der Waals surface area contributed by atoms with E-state index in [4.69, 9.17) is 4.43 Å². The summed E-state index contributed by atoms with van der Waals surface area (Å²) in [7, 11) is 1.07. The van der Waals surface area contributed by atoms with Crippen molar-refractivity contribution in [3.63, 3.8) is 0 Å². The second-order valence-electron chi connectivity index (χ2n) is 6.62. The standard InChI is InChI=1S/C20H25FOSi/c1-22-23-14-12-17(13-15-23)3-2-16-4-6-18(7-5-16)19-8-10-20(21)11-9-19/h4-11,17,23H,2-3,12-15H2,1H3. The molecule has 0 bridgehead atoms. The molecule has 0 saturated carbocycles. The highest BCUT2D eigenvalue weighted by Crippen LogP contribution is 2.29. The first-order chi connectivity index (χ1) is 11.2. The van der Waals surface area contributed by atoms with E-state index < -0.39 is 9.04 Å². The molecule has 0 aromatic heterocycles. The van der Waals surface area contributed by atoms with E-state index >= 15 is 0 Å². The lowest BCUT2D eigenvalue weighted by Gasteiger charge is -2.26. The van der Waals surface area contributed by atoms with Gasteiger partial charge >= 0.3 is 0 Å². The normalized spacial score (nSPS) is 21.3. The number of halogens is 1. The summed E-state index contributed by atoms with van der Waals surface area (Å²) in [5.74, 6) is 0.697. The van der Waals surface area contributed by atoms with Gasteiger partial charge in [-0.1, -0.05) is 49.2 Å². The van der Waals surface area contributed by atoms with Crippen molar-refractivity contribution in [3.05, 3.63) is 59.9 Å². The number of benzene rings is 2. The molecule has 0 unspecified atom stereocenters. The SMILES string of the molecule is CO[SiH]1CCC(CCc2ccc(-c3ccc(F)cc3)cc2)CC1. The summed E-state index contributed by atoms with van der Waals surface area (Å²) in [5, 5.41) is 0. The zero-order valence-corrected chi connectivity index (χ0v) is 15.0. The lowest BCUT2D eigenvalue weighted by atomic mass is 9.93. The third kappa shape index (κ3) is 4.52. The summed E-state index contributed by atoms with van der Waals surface area (Å²) in [5.41, 5.74) is 3.63. The predicted octanol–water partition coefficient (Wildman–Crippen LogP) is 5.21. The molecule has 2 aromatic rings. The highest BCUT2D eigenvalue weighted by molar-refractivity contribution is 6.51. The van der Waals surface area contributed by atoms with Gasteiger partial charge in [-0.3, -0.25) is 0 Å². The fourth-order valence-electron chi connectivity index (χ4n) is 3.53. The van der Waals surface area contributed by atoms with Gasteiger partial charge in [0.15, 0.2) is 9.04 Å². The third-order valence-corrected chi connectivity index (χ3v) is 7.72. The molecule has 0 atom stereocenters. The Morgan fingerprint density at radius 3 is 2.09 bits per heavy atom. The third-order valence-electron chi connectivity index (χ3n) is 5.10. The van der Waals surface area contributed by atoms with Crippen LogP contribution < -0.4 is 0 Å². The van der Waals surface area contributed by atoms with E-state index in [9.17, 15) is 4.39 Å². The average Bonchev–Trinajstić information content (AvgIpc) is 2.61. The zero-order valence-electron chi connectivity index (χ0n) is 13.8. The number of rotatable bonds is 5. The van der Waals surface area contributed by atoms with Crippen LogP contribution in [0.5, 0.6) is 0 Å². The molecule has 1 nitrogen and oxygen atoms in total. The lowest BCUT2D eigenvalue weighted by molar-refractivity contribution is 0.366. The van der Waals surface area contributed by atoms with Gasteiger partial charge in [-0.05, 0) is 59.7 Å². The fourth-order valence-corrected chi connectivity index (χ4v) is 5.98. The van der Waals surface area contributed by atoms with Crippen LogP contribution in [0.2, 0.25) is 12.1 Å². The number of hydrogen-bond donors (Lipinski definition) is 0. The Balaban J connectivity index is 1.53. The van der Waals surface area contributed by atoms with E-state index in [-0.39, 0.29) is 5.82 Å². The molecular formula is C20H25FOSi. The van der Waals surface area contributed by atoms with Crippen LogP contribution in [0.3, 0.4) is 0 Å². The van der Waals surface area contributed by atoms with E-state index in [0.717, 1.165) is 23.5 Å². The molecule has 0 radical (unpaired) electrons. The number of aryl methyl sites for hydroxylation is 1. The molecule has 3 heteroatoms. The smallest absolute Gasteiger partial charge is 0.176 e. The minimum absolute atomic E-state index is 0.184. The topological polar surface area (TPSA) is 9.23 Å². The summed E-state index contributed by atoms with van der Waals surface area (Å²) in [4.78, 5) is 0. The van der Waals surface area contributed by atoms with Gasteiger partial charge in [-0.15, -0.1) is 0 Å². The second kappa shape index (κ2) is 7.89. The van der Waals surface area contributed by atoms with Gasteiger partial charge < -0.3 is 4.43 Å². The van der Waals surface area contributed by atoms with Gasteiger partial charge in [-0.2, -0.15) is 0 Å². The Hall–Kier alpha value is -1.45. The number of hydrogen-bond acceptors (Lipinski definition) is 1. The van der Waals surface area contributed by atoms with Gasteiger partial charge in [0, 0.05) is 7.11 Å². The Morgan fingerprint density at radius 2 is 1.52 bits per heavy atom. The molecular weight excluding hydrogens is 303 g/mol. The van der Waals surface area contributed by atoms with Gasteiger partial charge in [0.2, 0.25) is 0 Å². The minimum atomic E-state index is -0.815. The van der Waals surface area contributed by atoms with Gasteiger partial charge in [0.25, 0.3) is 0 Å². The predicted molar refractivity (Wildman–Crippen MR) is 96.7 cm³/mol. The first-order valence-corrected chi connectivity index (χ1v) is 10.7. The molecule has 0 spiro atoms. The van der Waals surface area contributed by atoms with Crippen LogP contribution in [0.1, 0.15) is 24.8 Å². The largest absolute Gasteiger partial charge is 0.423 e. The van der Waals surface area contributed by atoms with Crippen molar-refractivity contribution >= 4 is 9.04 Å². The maximum absolute atomic E-state index is 13.0. The molecule has 1 aliphatic rings. The van der Waals surface area contributed by atoms with Gasteiger partial charge in [0.1, 0.15) is 5.82 Å². The van der Waals surface area contributed by atoms with Crippen molar-refractivity contribution in [1.82, 2.24) is 0 Å². The minimum Gasteiger partial charge on any atom is -0.423 e. The van der Waals surface area contributed by atoms with Crippen LogP contribution in [0.25, 0.3) is 11.1 Å². The maximum atomic E-state index is 13.0. The van der Waals surface area contributed by atoms with E-state index in [0.29, 0.717) is 0 Å². The van der Waals surface area contributed by atoms with Crippen LogP contribution in [0, 0.1) is 11.7 Å². The summed E-state index contributed by atoms with van der Waals surface area (Å²) in [6.45, 7) is 0. The molecule has 3 rings (SSSR count). The quantitative estimate of drug-likeness (QED) is 0.685. The highest BCUT2D eigenvalue weighted by Gasteiger charge is 2.22. The maximum Gasteiger partial charge on any atom is 0.176 e. The summed E-state index contributed by atoms with van der Waals surface area (Å²) < 4.78 is 18.6. The Bertz CT molecular complexity index is 601. The summed E-state index contributed by atoms with van der Waals surface area (Å²) in [6, 6.07) is 18.1. The summed E-state index contributed by atoms with van der Waals surface area (Å²) >= 11 is 0. The van der Waals surface area contributed by atoms with Crippen molar-refractivity contribution in [2.75, 3.05) is 7.11 Å². The van der Waals surface area contributed by atoms with E-state index in [2.05, 4.69) is 24.3 Å². The van der Waals surface area contributed by atoms with Crippen molar-refractivity contribution in [2.45, 2.75) is 37.8 Å². The Kier molecular flexibility index (Phi) is 5.63. The van der Waals surface area contributed by atoms with Crippen molar-refractivity contribution in [1.29, 1.82) is 0 Å².